The number of carbonyl (C=O) groups excluding carboxylic acids is 1. The van der Waals surface area contributed by atoms with E-state index in [9.17, 15) is 4.79 Å². The van der Waals surface area contributed by atoms with Crippen LogP contribution in [0.4, 0.5) is 5.82 Å². The fraction of sp³-hybridized carbons (Fsp3) is 0.312. The molecule has 108 valence electrons. The van der Waals surface area contributed by atoms with E-state index in [0.717, 1.165) is 12.8 Å². The smallest absolute Gasteiger partial charge is 0.272 e. The van der Waals surface area contributed by atoms with Crippen molar-refractivity contribution in [3.63, 3.8) is 0 Å². The molecule has 0 atom stereocenters. The maximum atomic E-state index is 11.8. The number of aryl methyl sites for hydroxylation is 1. The lowest BCUT2D eigenvalue weighted by atomic mass is 10.1. The van der Waals surface area contributed by atoms with Crippen LogP contribution in [-0.4, -0.2) is 22.1 Å². The quantitative estimate of drug-likeness (QED) is 0.883. The number of rotatable bonds is 5. The molecule has 3 rings (SSSR count). The topological polar surface area (TPSA) is 66.9 Å². The number of hydrogen-bond acceptors (Lipinski definition) is 4. The van der Waals surface area contributed by atoms with Crippen LogP contribution in [0.3, 0.4) is 0 Å². The van der Waals surface area contributed by atoms with Crippen LogP contribution in [0, 0.1) is 6.92 Å². The van der Waals surface area contributed by atoms with Gasteiger partial charge in [-0.3, -0.25) is 4.79 Å². The first-order valence-electron chi connectivity index (χ1n) is 7.15. The van der Waals surface area contributed by atoms with Gasteiger partial charge < -0.3 is 10.6 Å². The molecule has 1 aliphatic carbocycles. The monoisotopic (exact) mass is 282 g/mol. The summed E-state index contributed by atoms with van der Waals surface area (Å²) in [6.07, 6.45) is 2.13. The molecule has 1 aliphatic rings. The van der Waals surface area contributed by atoms with Gasteiger partial charge in [-0.2, -0.15) is 0 Å². The van der Waals surface area contributed by atoms with Crippen molar-refractivity contribution in [3.8, 4) is 0 Å². The fourth-order valence-electron chi connectivity index (χ4n) is 1.93. The van der Waals surface area contributed by atoms with Gasteiger partial charge in [0.15, 0.2) is 5.69 Å². The molecule has 1 saturated carbocycles. The number of benzene rings is 1. The molecule has 0 unspecified atom stereocenters. The minimum atomic E-state index is -0.143. The predicted octanol–water partition coefficient (Wildman–Crippen LogP) is 2.29. The van der Waals surface area contributed by atoms with E-state index in [4.69, 9.17) is 0 Å². The summed E-state index contributed by atoms with van der Waals surface area (Å²) in [5.41, 5.74) is 2.78. The summed E-state index contributed by atoms with van der Waals surface area (Å²) in [6, 6.07) is 12.1. The number of aromatic nitrogens is 2. The number of carbonyl (C=O) groups is 1. The molecule has 2 N–H and O–H groups in total. The molecule has 21 heavy (non-hydrogen) atoms. The molecule has 1 aromatic heterocycles. The largest absolute Gasteiger partial charge is 0.365 e. The van der Waals surface area contributed by atoms with Crippen molar-refractivity contribution in [2.45, 2.75) is 32.4 Å². The van der Waals surface area contributed by atoms with Gasteiger partial charge in [-0.1, -0.05) is 29.8 Å². The number of amides is 1. The van der Waals surface area contributed by atoms with E-state index < -0.39 is 0 Å². The Bertz CT molecular complexity index is 618. The average molecular weight is 282 g/mol. The Morgan fingerprint density at radius 2 is 1.90 bits per heavy atom. The van der Waals surface area contributed by atoms with Crippen molar-refractivity contribution < 1.29 is 4.79 Å². The molecule has 0 bridgehead atoms. The second-order valence-corrected chi connectivity index (χ2v) is 5.39. The van der Waals surface area contributed by atoms with E-state index in [1.807, 2.05) is 0 Å². The Morgan fingerprint density at radius 1 is 1.14 bits per heavy atom. The molecule has 5 heteroatoms. The van der Waals surface area contributed by atoms with Crippen molar-refractivity contribution in [2.75, 3.05) is 5.32 Å². The van der Waals surface area contributed by atoms with Crippen LogP contribution in [0.2, 0.25) is 0 Å². The highest BCUT2D eigenvalue weighted by Crippen LogP contribution is 2.19. The maximum absolute atomic E-state index is 11.8. The first kappa shape index (κ1) is 13.5. The Morgan fingerprint density at radius 3 is 2.52 bits per heavy atom. The third kappa shape index (κ3) is 3.78. The van der Waals surface area contributed by atoms with E-state index in [1.165, 1.54) is 11.1 Å². The van der Waals surface area contributed by atoms with Gasteiger partial charge in [0.25, 0.3) is 5.91 Å². The van der Waals surface area contributed by atoms with Crippen molar-refractivity contribution in [1.82, 2.24) is 15.5 Å². The highest BCUT2D eigenvalue weighted by molar-refractivity contribution is 5.92. The number of hydrogen-bond donors (Lipinski definition) is 2. The number of anilines is 1. The lowest BCUT2D eigenvalue weighted by molar-refractivity contribution is 0.0945. The van der Waals surface area contributed by atoms with E-state index >= 15 is 0 Å². The third-order valence-electron chi connectivity index (χ3n) is 3.40. The van der Waals surface area contributed by atoms with Crippen LogP contribution in [0.25, 0.3) is 0 Å². The molecule has 1 aromatic carbocycles. The summed E-state index contributed by atoms with van der Waals surface area (Å²) >= 11 is 0. The molecule has 1 heterocycles. The van der Waals surface area contributed by atoms with Crippen LogP contribution in [0.1, 0.15) is 34.5 Å². The fourth-order valence-corrected chi connectivity index (χ4v) is 1.93. The summed E-state index contributed by atoms with van der Waals surface area (Å²) in [5.74, 6) is 0.522. The summed E-state index contributed by atoms with van der Waals surface area (Å²) in [4.78, 5) is 11.8. The first-order chi connectivity index (χ1) is 10.2. The zero-order chi connectivity index (χ0) is 14.7. The lowest BCUT2D eigenvalue weighted by Gasteiger charge is -2.06. The second-order valence-electron chi connectivity index (χ2n) is 5.39. The Hall–Kier alpha value is -2.43. The maximum Gasteiger partial charge on any atom is 0.272 e. The van der Waals surface area contributed by atoms with Crippen LogP contribution in [-0.2, 0) is 6.54 Å². The molecular weight excluding hydrogens is 264 g/mol. The standard InChI is InChI=1S/C16H18N4O/c1-11-2-4-12(5-3-11)10-17-15-9-8-14(19-20-15)16(21)18-13-6-7-13/h2-5,8-9,13H,6-7,10H2,1H3,(H,17,20)(H,18,21). The zero-order valence-electron chi connectivity index (χ0n) is 12.0. The molecular formula is C16H18N4O. The summed E-state index contributed by atoms with van der Waals surface area (Å²) in [7, 11) is 0. The highest BCUT2D eigenvalue weighted by Gasteiger charge is 2.24. The summed E-state index contributed by atoms with van der Waals surface area (Å²) in [6.45, 7) is 2.75. The van der Waals surface area contributed by atoms with Gasteiger partial charge in [0.05, 0.1) is 0 Å². The SMILES string of the molecule is Cc1ccc(CNc2ccc(C(=O)NC3CC3)nn2)cc1. The molecule has 5 nitrogen and oxygen atoms in total. The average Bonchev–Trinajstić information content (AvgIpc) is 3.31. The van der Waals surface area contributed by atoms with E-state index in [-0.39, 0.29) is 5.91 Å². The van der Waals surface area contributed by atoms with Gasteiger partial charge >= 0.3 is 0 Å². The van der Waals surface area contributed by atoms with Crippen molar-refractivity contribution in [2.24, 2.45) is 0 Å². The molecule has 1 amide bonds. The van der Waals surface area contributed by atoms with E-state index in [1.54, 1.807) is 12.1 Å². The van der Waals surface area contributed by atoms with Crippen LogP contribution in [0.15, 0.2) is 36.4 Å². The molecule has 0 saturated heterocycles. The minimum Gasteiger partial charge on any atom is -0.365 e. The number of nitrogens with zero attached hydrogens (tertiary/aromatic N) is 2. The van der Waals surface area contributed by atoms with Crippen LogP contribution >= 0.6 is 0 Å². The molecule has 0 spiro atoms. The zero-order valence-corrected chi connectivity index (χ0v) is 12.0. The van der Waals surface area contributed by atoms with Gasteiger partial charge in [0.2, 0.25) is 0 Å². The van der Waals surface area contributed by atoms with E-state index in [0.29, 0.717) is 24.1 Å². The van der Waals surface area contributed by atoms with E-state index in [2.05, 4.69) is 52.0 Å². The first-order valence-corrected chi connectivity index (χ1v) is 7.15. The Kier molecular flexibility index (Phi) is 3.81. The Balaban J connectivity index is 1.56. The van der Waals surface area contributed by atoms with Crippen molar-refractivity contribution in [1.29, 1.82) is 0 Å². The molecule has 1 fully saturated rings. The highest BCUT2D eigenvalue weighted by atomic mass is 16.2. The van der Waals surface area contributed by atoms with Crippen LogP contribution < -0.4 is 10.6 Å². The lowest BCUT2D eigenvalue weighted by Crippen LogP contribution is -2.26. The van der Waals surface area contributed by atoms with Crippen LogP contribution in [0.5, 0.6) is 0 Å². The molecule has 0 aliphatic heterocycles. The third-order valence-corrected chi connectivity index (χ3v) is 3.40. The predicted molar refractivity (Wildman–Crippen MR) is 81.0 cm³/mol. The van der Waals surface area contributed by atoms with Gasteiger partial charge in [-0.05, 0) is 37.5 Å². The van der Waals surface area contributed by atoms with Crippen molar-refractivity contribution in [3.05, 3.63) is 53.2 Å². The molecule has 2 aromatic rings. The normalized spacial score (nSPS) is 13.8. The van der Waals surface area contributed by atoms with Gasteiger partial charge in [-0.25, -0.2) is 0 Å². The summed E-state index contributed by atoms with van der Waals surface area (Å²) in [5, 5.41) is 14.1. The summed E-state index contributed by atoms with van der Waals surface area (Å²) < 4.78 is 0. The Labute approximate surface area is 123 Å². The van der Waals surface area contributed by atoms with Gasteiger partial charge in [-0.15, -0.1) is 10.2 Å². The second kappa shape index (κ2) is 5.91. The van der Waals surface area contributed by atoms with Gasteiger partial charge in [0.1, 0.15) is 5.82 Å². The van der Waals surface area contributed by atoms with Crippen molar-refractivity contribution >= 4 is 11.7 Å². The van der Waals surface area contributed by atoms with Gasteiger partial charge in [0, 0.05) is 12.6 Å². The minimum absolute atomic E-state index is 0.143. The molecule has 0 radical (unpaired) electrons. The number of nitrogens with one attached hydrogen (secondary N) is 2.